The van der Waals surface area contributed by atoms with Crippen LogP contribution in [0, 0.1) is 12.7 Å². The zero-order valence-electron chi connectivity index (χ0n) is 10.8. The standard InChI is InChI=1S/C13H14FNO3S2/c1-9-12(14)5-10(8-16)6-13(9)20(17,18)15-7-11-3-2-4-19-11/h2-6,15-16H,7-8H2,1H3. The van der Waals surface area contributed by atoms with Crippen molar-refractivity contribution in [2.45, 2.75) is 25.0 Å². The molecule has 0 spiro atoms. The first-order valence-corrected chi connectivity index (χ1v) is 8.22. The van der Waals surface area contributed by atoms with E-state index in [9.17, 15) is 12.8 Å². The van der Waals surface area contributed by atoms with Gasteiger partial charge in [-0.15, -0.1) is 11.3 Å². The molecule has 0 saturated heterocycles. The molecule has 1 aromatic heterocycles. The van der Waals surface area contributed by atoms with Crippen molar-refractivity contribution in [3.8, 4) is 0 Å². The smallest absolute Gasteiger partial charge is 0.241 e. The molecule has 0 amide bonds. The summed E-state index contributed by atoms with van der Waals surface area (Å²) < 4.78 is 40.5. The monoisotopic (exact) mass is 315 g/mol. The summed E-state index contributed by atoms with van der Waals surface area (Å²) in [6.07, 6.45) is 0. The highest BCUT2D eigenvalue weighted by Crippen LogP contribution is 2.21. The normalized spacial score (nSPS) is 11.8. The van der Waals surface area contributed by atoms with E-state index in [0.29, 0.717) is 0 Å². The van der Waals surface area contributed by atoms with Crippen LogP contribution in [0.15, 0.2) is 34.5 Å². The highest BCUT2D eigenvalue weighted by Gasteiger charge is 2.20. The fraction of sp³-hybridized carbons (Fsp3) is 0.231. The fourth-order valence-electron chi connectivity index (χ4n) is 1.73. The lowest BCUT2D eigenvalue weighted by Crippen LogP contribution is -2.24. The van der Waals surface area contributed by atoms with Gasteiger partial charge in [-0.25, -0.2) is 17.5 Å². The topological polar surface area (TPSA) is 66.4 Å². The van der Waals surface area contributed by atoms with Gasteiger partial charge in [0.1, 0.15) is 5.82 Å². The molecule has 1 heterocycles. The Kier molecular flexibility index (Phi) is 4.54. The molecule has 1 aromatic carbocycles. The second-order valence-corrected chi connectivity index (χ2v) is 7.03. The molecule has 0 aliphatic carbocycles. The van der Waals surface area contributed by atoms with Crippen LogP contribution in [-0.4, -0.2) is 13.5 Å². The number of sulfonamides is 1. The van der Waals surface area contributed by atoms with Crippen LogP contribution in [0.3, 0.4) is 0 Å². The Morgan fingerprint density at radius 2 is 2.15 bits per heavy atom. The van der Waals surface area contributed by atoms with Gasteiger partial charge in [0.15, 0.2) is 0 Å². The van der Waals surface area contributed by atoms with Crippen LogP contribution in [0.1, 0.15) is 16.0 Å². The number of benzene rings is 1. The van der Waals surface area contributed by atoms with Gasteiger partial charge in [0.25, 0.3) is 0 Å². The van der Waals surface area contributed by atoms with Gasteiger partial charge in [0.05, 0.1) is 11.5 Å². The van der Waals surface area contributed by atoms with Crippen LogP contribution in [0.2, 0.25) is 0 Å². The molecule has 108 valence electrons. The molecule has 4 nitrogen and oxygen atoms in total. The number of nitrogens with one attached hydrogen (secondary N) is 1. The molecule has 0 bridgehead atoms. The van der Waals surface area contributed by atoms with Gasteiger partial charge in [-0.3, -0.25) is 0 Å². The van der Waals surface area contributed by atoms with Gasteiger partial charge in [0.2, 0.25) is 10.0 Å². The average molecular weight is 315 g/mol. The molecule has 0 aliphatic rings. The Balaban J connectivity index is 2.31. The third-order valence-electron chi connectivity index (χ3n) is 2.85. The maximum absolute atomic E-state index is 13.7. The number of aliphatic hydroxyl groups excluding tert-OH is 1. The molecule has 2 rings (SSSR count). The first-order valence-electron chi connectivity index (χ1n) is 5.86. The van der Waals surface area contributed by atoms with Gasteiger partial charge < -0.3 is 5.11 Å². The van der Waals surface area contributed by atoms with Crippen LogP contribution in [0.4, 0.5) is 4.39 Å². The third-order valence-corrected chi connectivity index (χ3v) is 5.25. The number of hydrogen-bond donors (Lipinski definition) is 2. The quantitative estimate of drug-likeness (QED) is 0.888. The van der Waals surface area contributed by atoms with Crippen molar-refractivity contribution in [3.05, 3.63) is 51.5 Å². The zero-order chi connectivity index (χ0) is 14.8. The van der Waals surface area contributed by atoms with Gasteiger partial charge >= 0.3 is 0 Å². The SMILES string of the molecule is Cc1c(F)cc(CO)cc1S(=O)(=O)NCc1cccs1. The van der Waals surface area contributed by atoms with Crippen molar-refractivity contribution in [1.82, 2.24) is 4.72 Å². The van der Waals surface area contributed by atoms with E-state index in [2.05, 4.69) is 4.72 Å². The summed E-state index contributed by atoms with van der Waals surface area (Å²) in [5.41, 5.74) is 0.269. The van der Waals surface area contributed by atoms with Gasteiger partial charge in [-0.1, -0.05) is 6.07 Å². The average Bonchev–Trinajstić information content (AvgIpc) is 2.92. The van der Waals surface area contributed by atoms with Gasteiger partial charge in [-0.2, -0.15) is 0 Å². The second kappa shape index (κ2) is 6.01. The van der Waals surface area contributed by atoms with E-state index in [1.54, 1.807) is 0 Å². The largest absolute Gasteiger partial charge is 0.392 e. The van der Waals surface area contributed by atoms with Crippen LogP contribution in [-0.2, 0) is 23.2 Å². The van der Waals surface area contributed by atoms with Crippen molar-refractivity contribution in [2.75, 3.05) is 0 Å². The molecule has 0 fully saturated rings. The fourth-order valence-corrected chi connectivity index (χ4v) is 3.78. The van der Waals surface area contributed by atoms with Crippen LogP contribution < -0.4 is 4.72 Å². The van der Waals surface area contributed by atoms with Crippen molar-refractivity contribution in [2.24, 2.45) is 0 Å². The Bertz CT molecular complexity index is 697. The molecule has 2 aromatic rings. The maximum Gasteiger partial charge on any atom is 0.241 e. The summed E-state index contributed by atoms with van der Waals surface area (Å²) in [5, 5.41) is 10.9. The predicted molar refractivity (Wildman–Crippen MR) is 75.4 cm³/mol. The summed E-state index contributed by atoms with van der Waals surface area (Å²) in [7, 11) is -3.82. The first-order chi connectivity index (χ1) is 9.44. The minimum atomic E-state index is -3.82. The number of rotatable bonds is 5. The minimum Gasteiger partial charge on any atom is -0.392 e. The van der Waals surface area contributed by atoms with Crippen molar-refractivity contribution < 1.29 is 17.9 Å². The molecule has 0 saturated carbocycles. The summed E-state index contributed by atoms with van der Waals surface area (Å²) in [5.74, 6) is -0.645. The highest BCUT2D eigenvalue weighted by molar-refractivity contribution is 7.89. The molecule has 0 aliphatic heterocycles. The van der Waals surface area contributed by atoms with Crippen LogP contribution in [0.25, 0.3) is 0 Å². The van der Waals surface area contributed by atoms with Crippen molar-refractivity contribution >= 4 is 21.4 Å². The van der Waals surface area contributed by atoms with E-state index in [4.69, 9.17) is 5.11 Å². The second-order valence-electron chi connectivity index (χ2n) is 4.26. The van der Waals surface area contributed by atoms with E-state index in [1.165, 1.54) is 24.3 Å². The number of thiophene rings is 1. The first kappa shape index (κ1) is 15.1. The summed E-state index contributed by atoms with van der Waals surface area (Å²) in [6, 6.07) is 6.05. The Hall–Kier alpha value is -1.28. The van der Waals surface area contributed by atoms with Gasteiger partial charge in [0, 0.05) is 17.0 Å². The molecular weight excluding hydrogens is 301 g/mol. The van der Waals surface area contributed by atoms with E-state index in [0.717, 1.165) is 10.9 Å². The summed E-state index contributed by atoms with van der Waals surface area (Å²) >= 11 is 1.43. The summed E-state index contributed by atoms with van der Waals surface area (Å²) in [4.78, 5) is 0.725. The molecule has 0 radical (unpaired) electrons. The molecule has 0 atom stereocenters. The molecule has 0 unspecified atom stereocenters. The molecule has 20 heavy (non-hydrogen) atoms. The predicted octanol–water partition coefficient (Wildman–Crippen LogP) is 2.17. The van der Waals surface area contributed by atoms with Crippen LogP contribution in [0.5, 0.6) is 0 Å². The van der Waals surface area contributed by atoms with Crippen molar-refractivity contribution in [1.29, 1.82) is 0 Å². The lowest BCUT2D eigenvalue weighted by Gasteiger charge is -2.11. The Morgan fingerprint density at radius 3 is 2.75 bits per heavy atom. The summed E-state index contributed by atoms with van der Waals surface area (Å²) in [6.45, 7) is 1.14. The molecule has 2 N–H and O–H groups in total. The van der Waals surface area contributed by atoms with Crippen LogP contribution >= 0.6 is 11.3 Å². The van der Waals surface area contributed by atoms with Gasteiger partial charge in [-0.05, 0) is 36.1 Å². The lowest BCUT2D eigenvalue weighted by molar-refractivity contribution is 0.281. The molecule has 7 heteroatoms. The zero-order valence-corrected chi connectivity index (χ0v) is 12.4. The minimum absolute atomic E-state index is 0.0425. The maximum atomic E-state index is 13.7. The number of hydrogen-bond acceptors (Lipinski definition) is 4. The third kappa shape index (κ3) is 3.24. The van der Waals surface area contributed by atoms with E-state index < -0.39 is 22.4 Å². The Labute approximate surface area is 120 Å². The van der Waals surface area contributed by atoms with E-state index in [-0.39, 0.29) is 22.6 Å². The molecular formula is C13H14FNO3S2. The van der Waals surface area contributed by atoms with E-state index >= 15 is 0 Å². The Morgan fingerprint density at radius 1 is 1.40 bits per heavy atom. The highest BCUT2D eigenvalue weighted by atomic mass is 32.2. The number of aliphatic hydroxyl groups is 1. The lowest BCUT2D eigenvalue weighted by atomic mass is 10.1. The van der Waals surface area contributed by atoms with Crippen molar-refractivity contribution in [3.63, 3.8) is 0 Å². The number of halogens is 1. The van der Waals surface area contributed by atoms with E-state index in [1.807, 2.05) is 17.5 Å².